The van der Waals surface area contributed by atoms with Gasteiger partial charge in [-0.15, -0.1) is 11.3 Å². The number of thiophene rings is 1. The highest BCUT2D eigenvalue weighted by Crippen LogP contribution is 2.39. The van der Waals surface area contributed by atoms with E-state index < -0.39 is 0 Å². The third kappa shape index (κ3) is 4.25. The van der Waals surface area contributed by atoms with Gasteiger partial charge in [0.1, 0.15) is 5.69 Å². The molecule has 0 saturated carbocycles. The SMILES string of the molecule is Cc1cc(C(=O)NCC2CCC3(CCN(Cc4cccs4)CC3)O2)n(C)n1. The molecular weight excluding hydrogens is 360 g/mol. The van der Waals surface area contributed by atoms with Gasteiger partial charge in [-0.05, 0) is 50.1 Å². The summed E-state index contributed by atoms with van der Waals surface area (Å²) < 4.78 is 8.06. The van der Waals surface area contributed by atoms with Gasteiger partial charge in [-0.2, -0.15) is 5.10 Å². The van der Waals surface area contributed by atoms with Crippen molar-refractivity contribution >= 4 is 17.2 Å². The first kappa shape index (κ1) is 18.7. The second kappa shape index (κ2) is 7.73. The second-order valence-corrected chi connectivity index (χ2v) is 8.85. The van der Waals surface area contributed by atoms with Crippen LogP contribution in [0.25, 0.3) is 0 Å². The number of hydrogen-bond donors (Lipinski definition) is 1. The molecule has 0 radical (unpaired) electrons. The number of amides is 1. The van der Waals surface area contributed by atoms with E-state index in [0.29, 0.717) is 12.2 Å². The molecule has 2 aliphatic heterocycles. The van der Waals surface area contributed by atoms with Crippen LogP contribution in [0.15, 0.2) is 23.6 Å². The molecular formula is C20H28N4O2S. The molecule has 2 aromatic heterocycles. The van der Waals surface area contributed by atoms with Crippen LogP contribution in [0.4, 0.5) is 0 Å². The van der Waals surface area contributed by atoms with Crippen LogP contribution in [0.1, 0.15) is 46.7 Å². The summed E-state index contributed by atoms with van der Waals surface area (Å²) >= 11 is 1.83. The molecule has 7 heteroatoms. The summed E-state index contributed by atoms with van der Waals surface area (Å²) in [6.07, 6.45) is 4.42. The summed E-state index contributed by atoms with van der Waals surface area (Å²) in [5.74, 6) is -0.0755. The lowest BCUT2D eigenvalue weighted by atomic mass is 9.88. The van der Waals surface area contributed by atoms with E-state index in [1.54, 1.807) is 11.7 Å². The van der Waals surface area contributed by atoms with Gasteiger partial charge in [0.15, 0.2) is 0 Å². The fraction of sp³-hybridized carbons (Fsp3) is 0.600. The van der Waals surface area contributed by atoms with Gasteiger partial charge < -0.3 is 10.1 Å². The van der Waals surface area contributed by atoms with Gasteiger partial charge in [-0.25, -0.2) is 0 Å². The maximum absolute atomic E-state index is 12.4. The van der Waals surface area contributed by atoms with Gasteiger partial charge in [0.05, 0.1) is 17.4 Å². The minimum absolute atomic E-state index is 0.0183. The van der Waals surface area contributed by atoms with Crippen molar-refractivity contribution in [1.82, 2.24) is 20.0 Å². The molecule has 27 heavy (non-hydrogen) atoms. The van der Waals surface area contributed by atoms with Crippen LogP contribution in [0.2, 0.25) is 0 Å². The minimum Gasteiger partial charge on any atom is -0.370 e. The van der Waals surface area contributed by atoms with Crippen LogP contribution >= 0.6 is 11.3 Å². The lowest BCUT2D eigenvalue weighted by Crippen LogP contribution is -2.44. The molecule has 2 fully saturated rings. The third-order valence-electron chi connectivity index (χ3n) is 5.79. The Morgan fingerprint density at radius 2 is 2.22 bits per heavy atom. The standard InChI is InChI=1S/C20H28N4O2S/c1-15-12-18(23(2)22-15)19(25)21-13-16-5-6-20(26-16)7-9-24(10-8-20)14-17-4-3-11-27-17/h3-4,11-12,16H,5-10,13-14H2,1-2H3,(H,21,25). The molecule has 1 unspecified atom stereocenters. The summed E-state index contributed by atoms with van der Waals surface area (Å²) in [6, 6.07) is 6.15. The van der Waals surface area contributed by atoms with E-state index in [1.165, 1.54) is 4.88 Å². The van der Waals surface area contributed by atoms with Crippen molar-refractivity contribution in [2.45, 2.75) is 50.9 Å². The minimum atomic E-state index is -0.0755. The molecule has 0 aromatic carbocycles. The molecule has 2 aliphatic rings. The number of likely N-dealkylation sites (tertiary alicyclic amines) is 1. The fourth-order valence-corrected chi connectivity index (χ4v) is 5.01. The largest absolute Gasteiger partial charge is 0.370 e. The Morgan fingerprint density at radius 1 is 1.41 bits per heavy atom. The zero-order valence-corrected chi connectivity index (χ0v) is 16.9. The molecule has 1 N–H and O–H groups in total. The fourth-order valence-electron chi connectivity index (χ4n) is 4.27. The first-order chi connectivity index (χ1) is 13.0. The molecule has 2 saturated heterocycles. The van der Waals surface area contributed by atoms with Crippen molar-refractivity contribution in [1.29, 1.82) is 0 Å². The van der Waals surface area contributed by atoms with Gasteiger partial charge >= 0.3 is 0 Å². The first-order valence-electron chi connectivity index (χ1n) is 9.74. The Kier molecular flexibility index (Phi) is 5.34. The number of ether oxygens (including phenoxy) is 1. The lowest BCUT2D eigenvalue weighted by Gasteiger charge is -2.39. The highest BCUT2D eigenvalue weighted by atomic mass is 32.1. The van der Waals surface area contributed by atoms with E-state index in [9.17, 15) is 4.79 Å². The maximum Gasteiger partial charge on any atom is 0.269 e. The van der Waals surface area contributed by atoms with E-state index in [-0.39, 0.29) is 17.6 Å². The quantitative estimate of drug-likeness (QED) is 0.856. The van der Waals surface area contributed by atoms with E-state index in [0.717, 1.165) is 51.0 Å². The summed E-state index contributed by atoms with van der Waals surface area (Å²) in [6.45, 7) is 5.70. The van der Waals surface area contributed by atoms with Crippen molar-refractivity contribution in [2.75, 3.05) is 19.6 Å². The number of carbonyl (C=O) groups excluding carboxylic acids is 1. The Balaban J connectivity index is 1.24. The van der Waals surface area contributed by atoms with Gasteiger partial charge in [-0.3, -0.25) is 14.4 Å². The zero-order chi connectivity index (χ0) is 18.9. The number of aromatic nitrogens is 2. The Labute approximate surface area is 164 Å². The maximum atomic E-state index is 12.4. The van der Waals surface area contributed by atoms with Gasteiger partial charge in [0.25, 0.3) is 5.91 Å². The Morgan fingerprint density at radius 3 is 2.89 bits per heavy atom. The summed E-state index contributed by atoms with van der Waals surface area (Å²) in [4.78, 5) is 16.3. The van der Waals surface area contributed by atoms with Gasteiger partial charge in [0.2, 0.25) is 0 Å². The van der Waals surface area contributed by atoms with Gasteiger partial charge in [0, 0.05) is 38.1 Å². The normalized spacial score (nSPS) is 22.4. The second-order valence-electron chi connectivity index (χ2n) is 7.82. The van der Waals surface area contributed by atoms with Crippen LogP contribution in [-0.4, -0.2) is 51.9 Å². The van der Waals surface area contributed by atoms with Crippen molar-refractivity contribution in [2.24, 2.45) is 7.05 Å². The highest BCUT2D eigenvalue weighted by molar-refractivity contribution is 7.09. The third-order valence-corrected chi connectivity index (χ3v) is 6.65. The number of carbonyl (C=O) groups is 1. The molecule has 2 aromatic rings. The van der Waals surface area contributed by atoms with Crippen LogP contribution in [0.5, 0.6) is 0 Å². The monoisotopic (exact) mass is 388 g/mol. The summed E-state index contributed by atoms with van der Waals surface area (Å²) in [7, 11) is 1.80. The first-order valence-corrected chi connectivity index (χ1v) is 10.6. The number of piperidine rings is 1. The number of nitrogens with zero attached hydrogens (tertiary/aromatic N) is 3. The van der Waals surface area contributed by atoms with Crippen LogP contribution < -0.4 is 5.32 Å². The molecule has 4 heterocycles. The predicted octanol–water partition coefficient (Wildman–Crippen LogP) is 2.73. The Hall–Kier alpha value is -1.70. The van der Waals surface area contributed by atoms with Crippen molar-refractivity contribution in [3.63, 3.8) is 0 Å². The number of aryl methyl sites for hydroxylation is 2. The van der Waals surface area contributed by atoms with Crippen molar-refractivity contribution in [3.8, 4) is 0 Å². The van der Waals surface area contributed by atoms with Crippen molar-refractivity contribution in [3.05, 3.63) is 39.8 Å². The zero-order valence-electron chi connectivity index (χ0n) is 16.1. The Bertz CT molecular complexity index is 778. The molecule has 1 spiro atoms. The number of hydrogen-bond acceptors (Lipinski definition) is 5. The highest BCUT2D eigenvalue weighted by Gasteiger charge is 2.42. The summed E-state index contributed by atoms with van der Waals surface area (Å²) in [5.41, 5.74) is 1.47. The number of nitrogens with one attached hydrogen (secondary N) is 1. The average Bonchev–Trinajstić information content (AvgIpc) is 3.37. The molecule has 1 amide bonds. The van der Waals surface area contributed by atoms with Crippen molar-refractivity contribution < 1.29 is 9.53 Å². The van der Waals surface area contributed by atoms with Gasteiger partial charge in [-0.1, -0.05) is 6.07 Å². The van der Waals surface area contributed by atoms with Crippen LogP contribution in [0, 0.1) is 6.92 Å². The average molecular weight is 389 g/mol. The van der Waals surface area contributed by atoms with E-state index >= 15 is 0 Å². The lowest BCUT2D eigenvalue weighted by molar-refractivity contribution is -0.0763. The molecule has 4 rings (SSSR count). The predicted molar refractivity (Wildman–Crippen MR) is 106 cm³/mol. The number of rotatable bonds is 5. The molecule has 0 aliphatic carbocycles. The molecule has 1 atom stereocenters. The van der Waals surface area contributed by atoms with E-state index in [2.05, 4.69) is 32.8 Å². The molecule has 146 valence electrons. The molecule has 6 nitrogen and oxygen atoms in total. The van der Waals surface area contributed by atoms with Crippen LogP contribution in [-0.2, 0) is 18.3 Å². The molecule has 0 bridgehead atoms. The van der Waals surface area contributed by atoms with E-state index in [1.807, 2.05) is 24.3 Å². The van der Waals surface area contributed by atoms with Crippen LogP contribution in [0.3, 0.4) is 0 Å². The topological polar surface area (TPSA) is 59.4 Å². The van der Waals surface area contributed by atoms with E-state index in [4.69, 9.17) is 4.74 Å². The summed E-state index contributed by atoms with van der Waals surface area (Å²) in [5, 5.41) is 9.40. The smallest absolute Gasteiger partial charge is 0.269 e.